The standard InChI is InChI=1S/C17H19N3O3/c1-12-6-5-9-20(16(12)22)11-15(21)18-14-8-4-7-13(10-14)17(23)19(2)3/h4-10H,11H2,1-3H3,(H,18,21). The normalized spacial score (nSPS) is 10.2. The van der Waals surface area contributed by atoms with Crippen LogP contribution in [0.3, 0.4) is 0 Å². The third kappa shape index (κ3) is 4.06. The summed E-state index contributed by atoms with van der Waals surface area (Å²) in [5, 5.41) is 2.70. The Morgan fingerprint density at radius 3 is 2.61 bits per heavy atom. The molecule has 0 radical (unpaired) electrons. The van der Waals surface area contributed by atoms with Crippen molar-refractivity contribution in [3.05, 3.63) is 64.1 Å². The molecule has 1 aromatic heterocycles. The predicted octanol–water partition coefficient (Wildman–Crippen LogP) is 1.50. The summed E-state index contributed by atoms with van der Waals surface area (Å²) in [5.41, 5.74) is 1.39. The van der Waals surface area contributed by atoms with Gasteiger partial charge in [-0.05, 0) is 31.2 Å². The first kappa shape index (κ1) is 16.5. The minimum Gasteiger partial charge on any atom is -0.345 e. The fourth-order valence-corrected chi connectivity index (χ4v) is 2.12. The SMILES string of the molecule is Cc1cccn(CC(=O)Nc2cccc(C(=O)N(C)C)c2)c1=O. The average molecular weight is 313 g/mol. The maximum absolute atomic E-state index is 12.1. The van der Waals surface area contributed by atoms with Gasteiger partial charge >= 0.3 is 0 Å². The smallest absolute Gasteiger partial charge is 0.253 e. The van der Waals surface area contributed by atoms with Crippen molar-refractivity contribution in [2.75, 3.05) is 19.4 Å². The molecule has 0 fully saturated rings. The number of carbonyl (C=O) groups excluding carboxylic acids is 2. The van der Waals surface area contributed by atoms with Crippen molar-refractivity contribution in [2.45, 2.75) is 13.5 Å². The molecule has 120 valence electrons. The van der Waals surface area contributed by atoms with Gasteiger partial charge in [0.1, 0.15) is 6.54 Å². The van der Waals surface area contributed by atoms with Gasteiger partial charge in [0.05, 0.1) is 0 Å². The van der Waals surface area contributed by atoms with E-state index in [1.54, 1.807) is 63.6 Å². The Morgan fingerprint density at radius 1 is 1.17 bits per heavy atom. The molecule has 1 heterocycles. The maximum Gasteiger partial charge on any atom is 0.253 e. The summed E-state index contributed by atoms with van der Waals surface area (Å²) in [6.07, 6.45) is 1.57. The number of aromatic nitrogens is 1. The summed E-state index contributed by atoms with van der Waals surface area (Å²) in [6, 6.07) is 10.1. The zero-order valence-electron chi connectivity index (χ0n) is 13.4. The van der Waals surface area contributed by atoms with Gasteiger partial charge in [-0.3, -0.25) is 14.4 Å². The van der Waals surface area contributed by atoms with Gasteiger partial charge < -0.3 is 14.8 Å². The first-order valence-electron chi connectivity index (χ1n) is 7.16. The second kappa shape index (κ2) is 6.91. The van der Waals surface area contributed by atoms with Crippen LogP contribution in [0.1, 0.15) is 15.9 Å². The molecule has 0 aliphatic rings. The Hall–Kier alpha value is -2.89. The van der Waals surface area contributed by atoms with Crippen molar-refractivity contribution in [3.63, 3.8) is 0 Å². The molecule has 1 N–H and O–H groups in total. The van der Waals surface area contributed by atoms with Gasteiger partial charge in [-0.1, -0.05) is 12.1 Å². The fraction of sp³-hybridized carbons (Fsp3) is 0.235. The number of hydrogen-bond acceptors (Lipinski definition) is 3. The molecule has 2 aromatic rings. The molecule has 0 saturated heterocycles. The van der Waals surface area contributed by atoms with Crippen LogP contribution in [-0.4, -0.2) is 35.4 Å². The topological polar surface area (TPSA) is 71.4 Å². The molecule has 0 aliphatic heterocycles. The Kier molecular flexibility index (Phi) is 4.95. The van der Waals surface area contributed by atoms with Crippen molar-refractivity contribution < 1.29 is 9.59 Å². The summed E-state index contributed by atoms with van der Waals surface area (Å²) < 4.78 is 1.35. The van der Waals surface area contributed by atoms with Gasteiger partial charge in [0.25, 0.3) is 11.5 Å². The maximum atomic E-state index is 12.1. The van der Waals surface area contributed by atoms with Crippen LogP contribution in [0, 0.1) is 6.92 Å². The molecular weight excluding hydrogens is 294 g/mol. The average Bonchev–Trinajstić information content (AvgIpc) is 2.51. The van der Waals surface area contributed by atoms with E-state index in [0.29, 0.717) is 16.8 Å². The number of aryl methyl sites for hydroxylation is 1. The number of carbonyl (C=O) groups is 2. The van der Waals surface area contributed by atoms with Crippen LogP contribution in [0.5, 0.6) is 0 Å². The van der Waals surface area contributed by atoms with Crippen LogP contribution in [0.15, 0.2) is 47.4 Å². The highest BCUT2D eigenvalue weighted by atomic mass is 16.2. The minimum absolute atomic E-state index is 0.0770. The molecule has 0 atom stereocenters. The zero-order chi connectivity index (χ0) is 17.0. The number of amides is 2. The largest absolute Gasteiger partial charge is 0.345 e. The number of benzene rings is 1. The monoisotopic (exact) mass is 313 g/mol. The Labute approximate surface area is 134 Å². The third-order valence-corrected chi connectivity index (χ3v) is 3.32. The van der Waals surface area contributed by atoms with Crippen molar-refractivity contribution in [1.82, 2.24) is 9.47 Å². The van der Waals surface area contributed by atoms with E-state index in [9.17, 15) is 14.4 Å². The number of nitrogens with zero attached hydrogens (tertiary/aromatic N) is 2. The Balaban J connectivity index is 2.12. The van der Waals surface area contributed by atoms with Gasteiger partial charge in [0, 0.05) is 37.1 Å². The van der Waals surface area contributed by atoms with Crippen LogP contribution >= 0.6 is 0 Å². The highest BCUT2D eigenvalue weighted by Crippen LogP contribution is 2.12. The van der Waals surface area contributed by atoms with Crippen LogP contribution < -0.4 is 10.9 Å². The number of hydrogen-bond donors (Lipinski definition) is 1. The lowest BCUT2D eigenvalue weighted by Crippen LogP contribution is -2.28. The molecule has 0 saturated carbocycles. The van der Waals surface area contributed by atoms with Crippen molar-refractivity contribution >= 4 is 17.5 Å². The van der Waals surface area contributed by atoms with Crippen LogP contribution in [-0.2, 0) is 11.3 Å². The van der Waals surface area contributed by atoms with Crippen LogP contribution in [0.4, 0.5) is 5.69 Å². The van der Waals surface area contributed by atoms with Gasteiger partial charge in [-0.15, -0.1) is 0 Å². The second-order valence-electron chi connectivity index (χ2n) is 5.45. The molecule has 6 nitrogen and oxygen atoms in total. The molecular formula is C17H19N3O3. The number of pyridine rings is 1. The van der Waals surface area contributed by atoms with Crippen molar-refractivity contribution in [1.29, 1.82) is 0 Å². The molecule has 1 aromatic carbocycles. The Morgan fingerprint density at radius 2 is 1.91 bits per heavy atom. The fourth-order valence-electron chi connectivity index (χ4n) is 2.12. The molecule has 0 bridgehead atoms. The first-order valence-corrected chi connectivity index (χ1v) is 7.16. The molecule has 0 aliphatic carbocycles. The summed E-state index contributed by atoms with van der Waals surface area (Å²) >= 11 is 0. The van der Waals surface area contributed by atoms with Crippen molar-refractivity contribution in [3.8, 4) is 0 Å². The summed E-state index contributed by atoms with van der Waals surface area (Å²) in [5.74, 6) is -0.469. The van der Waals surface area contributed by atoms with E-state index >= 15 is 0 Å². The van der Waals surface area contributed by atoms with E-state index < -0.39 is 0 Å². The molecule has 2 amide bonds. The zero-order valence-corrected chi connectivity index (χ0v) is 13.4. The second-order valence-corrected chi connectivity index (χ2v) is 5.45. The van der Waals surface area contributed by atoms with Gasteiger partial charge in [-0.25, -0.2) is 0 Å². The number of rotatable bonds is 4. The van der Waals surface area contributed by atoms with E-state index in [-0.39, 0.29) is 23.9 Å². The van der Waals surface area contributed by atoms with E-state index in [1.807, 2.05) is 0 Å². The highest BCUT2D eigenvalue weighted by molar-refractivity contribution is 5.96. The highest BCUT2D eigenvalue weighted by Gasteiger charge is 2.10. The molecule has 0 unspecified atom stereocenters. The molecule has 23 heavy (non-hydrogen) atoms. The van der Waals surface area contributed by atoms with Crippen LogP contribution in [0.2, 0.25) is 0 Å². The lowest BCUT2D eigenvalue weighted by Gasteiger charge is -2.12. The van der Waals surface area contributed by atoms with E-state index in [4.69, 9.17) is 0 Å². The van der Waals surface area contributed by atoms with E-state index in [0.717, 1.165) is 0 Å². The quantitative estimate of drug-likeness (QED) is 0.930. The summed E-state index contributed by atoms with van der Waals surface area (Å²) in [6.45, 7) is 1.62. The Bertz CT molecular complexity index is 794. The van der Waals surface area contributed by atoms with Gasteiger partial charge in [0.15, 0.2) is 0 Å². The first-order chi connectivity index (χ1) is 10.9. The van der Waals surface area contributed by atoms with Gasteiger partial charge in [0.2, 0.25) is 5.91 Å². The molecule has 0 spiro atoms. The minimum atomic E-state index is -0.327. The third-order valence-electron chi connectivity index (χ3n) is 3.32. The lowest BCUT2D eigenvalue weighted by molar-refractivity contribution is -0.116. The van der Waals surface area contributed by atoms with E-state index in [2.05, 4.69) is 5.32 Å². The van der Waals surface area contributed by atoms with Gasteiger partial charge in [-0.2, -0.15) is 0 Å². The lowest BCUT2D eigenvalue weighted by atomic mass is 10.2. The van der Waals surface area contributed by atoms with Crippen LogP contribution in [0.25, 0.3) is 0 Å². The summed E-state index contributed by atoms with van der Waals surface area (Å²) in [4.78, 5) is 37.4. The number of anilines is 1. The molecule has 6 heteroatoms. The van der Waals surface area contributed by atoms with E-state index in [1.165, 1.54) is 9.47 Å². The number of nitrogens with one attached hydrogen (secondary N) is 1. The molecule has 2 rings (SSSR count). The summed E-state index contributed by atoms with van der Waals surface area (Å²) in [7, 11) is 3.33. The van der Waals surface area contributed by atoms with Crippen molar-refractivity contribution in [2.24, 2.45) is 0 Å². The predicted molar refractivity (Wildman–Crippen MR) is 88.5 cm³/mol.